The molecule has 0 aliphatic heterocycles. The van der Waals surface area contributed by atoms with Crippen LogP contribution in [0.25, 0.3) is 0 Å². The summed E-state index contributed by atoms with van der Waals surface area (Å²) in [4.78, 5) is 30.9. The minimum absolute atomic E-state index is 0.115. The van der Waals surface area contributed by atoms with Crippen LogP contribution in [0.1, 0.15) is 38.9 Å². The Labute approximate surface area is 176 Å². The quantitative estimate of drug-likeness (QED) is 0.407. The molecule has 1 amide bonds. The van der Waals surface area contributed by atoms with Crippen molar-refractivity contribution in [3.8, 4) is 0 Å². The highest BCUT2D eigenvalue weighted by molar-refractivity contribution is 7.98. The van der Waals surface area contributed by atoms with Gasteiger partial charge in [-0.05, 0) is 37.4 Å². The van der Waals surface area contributed by atoms with Crippen LogP contribution in [0.5, 0.6) is 0 Å². The molecule has 5 nitrogen and oxygen atoms in total. The van der Waals surface area contributed by atoms with Crippen LogP contribution in [0.2, 0.25) is 0 Å². The van der Waals surface area contributed by atoms with Gasteiger partial charge in [0.15, 0.2) is 6.61 Å². The first-order valence-corrected chi connectivity index (χ1v) is 11.4. The molecule has 0 fully saturated rings. The Morgan fingerprint density at radius 2 is 2.04 bits per heavy atom. The Morgan fingerprint density at radius 3 is 2.75 bits per heavy atom. The number of benzene rings is 1. The van der Waals surface area contributed by atoms with Crippen LogP contribution in [0.15, 0.2) is 52.1 Å². The Balaban J connectivity index is 1.54. The minimum atomic E-state index is -0.503. The number of nitrogens with zero attached hydrogens (tertiary/aromatic N) is 1. The van der Waals surface area contributed by atoms with E-state index in [9.17, 15) is 9.59 Å². The Bertz CT molecular complexity index is 938. The van der Waals surface area contributed by atoms with Gasteiger partial charge in [0, 0.05) is 20.9 Å². The molecule has 0 spiro atoms. The van der Waals surface area contributed by atoms with Crippen LogP contribution >= 0.6 is 34.4 Å². The number of carbonyl (C=O) groups excluding carboxylic acids is 2. The molecule has 28 heavy (non-hydrogen) atoms. The maximum absolute atomic E-state index is 12.5. The Hall–Kier alpha value is -2.16. The maximum atomic E-state index is 12.5. The van der Waals surface area contributed by atoms with Crippen LogP contribution in [0.3, 0.4) is 0 Å². The van der Waals surface area contributed by atoms with Crippen molar-refractivity contribution >= 4 is 46.3 Å². The van der Waals surface area contributed by atoms with Crippen molar-refractivity contribution in [1.29, 1.82) is 0 Å². The van der Waals surface area contributed by atoms with Gasteiger partial charge in [0.2, 0.25) is 0 Å². The number of thiazole rings is 1. The Kier molecular flexibility index (Phi) is 7.24. The largest absolute Gasteiger partial charge is 0.452 e. The second-order valence-electron chi connectivity index (χ2n) is 6.02. The summed E-state index contributed by atoms with van der Waals surface area (Å²) in [6, 6.07) is 11.0. The lowest BCUT2D eigenvalue weighted by molar-refractivity contribution is -0.124. The van der Waals surface area contributed by atoms with Crippen LogP contribution in [-0.2, 0) is 15.3 Å². The number of thioether (sulfide) groups is 1. The molecule has 0 bridgehead atoms. The number of rotatable bonds is 8. The second-order valence-corrected chi connectivity index (χ2v) is 9.08. The van der Waals surface area contributed by atoms with Crippen LogP contribution in [-0.4, -0.2) is 23.5 Å². The van der Waals surface area contributed by atoms with Crippen LogP contribution in [0.4, 0.5) is 0 Å². The topological polar surface area (TPSA) is 68.3 Å². The number of hydrogen-bond donors (Lipinski definition) is 1. The zero-order valence-electron chi connectivity index (χ0n) is 15.5. The summed E-state index contributed by atoms with van der Waals surface area (Å²) in [5.41, 5.74) is 1.44. The molecule has 0 radical (unpaired) electrons. The van der Waals surface area contributed by atoms with Crippen molar-refractivity contribution < 1.29 is 14.3 Å². The van der Waals surface area contributed by atoms with E-state index >= 15 is 0 Å². The lowest BCUT2D eigenvalue weighted by Crippen LogP contribution is -2.30. The molecule has 2 heterocycles. The van der Waals surface area contributed by atoms with Crippen molar-refractivity contribution in [3.05, 3.63) is 68.3 Å². The first-order valence-electron chi connectivity index (χ1n) is 8.65. The smallest absolute Gasteiger partial charge is 0.339 e. The number of hydrogen-bond acceptors (Lipinski definition) is 7. The molecule has 1 N–H and O–H groups in total. The lowest BCUT2D eigenvalue weighted by Gasteiger charge is -2.13. The first-order chi connectivity index (χ1) is 13.5. The van der Waals surface area contributed by atoms with Gasteiger partial charge < -0.3 is 10.1 Å². The van der Waals surface area contributed by atoms with E-state index in [4.69, 9.17) is 4.74 Å². The average Bonchev–Trinajstić information content (AvgIpc) is 3.36. The molecule has 3 aromatic rings. The van der Waals surface area contributed by atoms with E-state index < -0.39 is 5.97 Å². The standard InChI is InChI=1S/C20H20N2O3S3/c1-13(17-8-5-9-26-17)21-19(23)10-25-20(24)16-6-3-4-7-18(16)28-12-15-11-27-14(2)22-15/h3-9,11,13H,10,12H2,1-2H3,(H,21,23). The molecule has 1 aromatic carbocycles. The zero-order valence-corrected chi connectivity index (χ0v) is 18.0. The van der Waals surface area contributed by atoms with Gasteiger partial charge >= 0.3 is 5.97 Å². The summed E-state index contributed by atoms with van der Waals surface area (Å²) >= 11 is 4.71. The monoisotopic (exact) mass is 432 g/mol. The van der Waals surface area contributed by atoms with E-state index in [1.54, 1.807) is 34.8 Å². The van der Waals surface area contributed by atoms with Gasteiger partial charge in [-0.1, -0.05) is 18.2 Å². The highest BCUT2D eigenvalue weighted by Crippen LogP contribution is 2.27. The maximum Gasteiger partial charge on any atom is 0.339 e. The number of esters is 1. The minimum Gasteiger partial charge on any atom is -0.452 e. The number of carbonyl (C=O) groups is 2. The summed E-state index contributed by atoms with van der Waals surface area (Å²) in [5.74, 6) is -0.151. The molecule has 0 aliphatic rings. The molecule has 1 atom stereocenters. The fourth-order valence-electron chi connectivity index (χ4n) is 2.49. The predicted molar refractivity (Wildman–Crippen MR) is 114 cm³/mol. The van der Waals surface area contributed by atoms with Gasteiger partial charge in [-0.25, -0.2) is 9.78 Å². The zero-order chi connectivity index (χ0) is 19.9. The third-order valence-corrected chi connectivity index (χ3v) is 6.82. The van der Waals surface area contributed by atoms with Crippen molar-refractivity contribution in [2.75, 3.05) is 6.61 Å². The predicted octanol–water partition coefficient (Wildman–Crippen LogP) is 4.84. The van der Waals surface area contributed by atoms with Crippen molar-refractivity contribution in [2.24, 2.45) is 0 Å². The first kappa shape index (κ1) is 20.6. The number of aryl methyl sites for hydroxylation is 1. The summed E-state index contributed by atoms with van der Waals surface area (Å²) in [7, 11) is 0. The second kappa shape index (κ2) is 9.86. The summed E-state index contributed by atoms with van der Waals surface area (Å²) in [6.45, 7) is 3.56. The molecule has 8 heteroatoms. The van der Waals surface area contributed by atoms with Crippen LogP contribution < -0.4 is 5.32 Å². The third-order valence-electron chi connectivity index (χ3n) is 3.83. The van der Waals surface area contributed by atoms with Crippen molar-refractivity contribution in [2.45, 2.75) is 30.5 Å². The molecule has 1 unspecified atom stereocenters. The molecular formula is C20H20N2O3S3. The number of amides is 1. The van der Waals surface area contributed by atoms with Gasteiger partial charge in [-0.15, -0.1) is 34.4 Å². The molecule has 0 saturated heterocycles. The van der Waals surface area contributed by atoms with Gasteiger partial charge in [-0.3, -0.25) is 4.79 Å². The van der Waals surface area contributed by atoms with E-state index in [2.05, 4.69) is 10.3 Å². The van der Waals surface area contributed by atoms with E-state index in [0.29, 0.717) is 11.3 Å². The fourth-order valence-corrected chi connectivity index (χ4v) is 4.87. The number of nitrogens with one attached hydrogen (secondary N) is 1. The van der Waals surface area contributed by atoms with Crippen molar-refractivity contribution in [3.63, 3.8) is 0 Å². The van der Waals surface area contributed by atoms with Gasteiger partial charge in [0.1, 0.15) is 0 Å². The fraction of sp³-hybridized carbons (Fsp3) is 0.250. The lowest BCUT2D eigenvalue weighted by atomic mass is 10.2. The van der Waals surface area contributed by atoms with E-state index in [0.717, 1.165) is 20.5 Å². The van der Waals surface area contributed by atoms with Crippen LogP contribution in [0, 0.1) is 6.92 Å². The van der Waals surface area contributed by atoms with Gasteiger partial charge in [-0.2, -0.15) is 0 Å². The highest BCUT2D eigenvalue weighted by Gasteiger charge is 2.16. The number of ether oxygens (including phenoxy) is 1. The summed E-state index contributed by atoms with van der Waals surface area (Å²) in [6.07, 6.45) is 0. The molecule has 0 aliphatic carbocycles. The molecule has 0 saturated carbocycles. The van der Waals surface area contributed by atoms with E-state index in [1.807, 2.05) is 48.9 Å². The summed E-state index contributed by atoms with van der Waals surface area (Å²) < 4.78 is 5.23. The van der Waals surface area contributed by atoms with Gasteiger partial charge in [0.05, 0.1) is 22.3 Å². The molecule has 2 aromatic heterocycles. The highest BCUT2D eigenvalue weighted by atomic mass is 32.2. The summed E-state index contributed by atoms with van der Waals surface area (Å²) in [5, 5.41) is 7.83. The van der Waals surface area contributed by atoms with Gasteiger partial charge in [0.25, 0.3) is 5.91 Å². The Morgan fingerprint density at radius 1 is 1.21 bits per heavy atom. The third kappa shape index (κ3) is 5.67. The number of thiophene rings is 1. The molecule has 146 valence electrons. The number of aromatic nitrogens is 1. The van der Waals surface area contributed by atoms with Crippen molar-refractivity contribution in [1.82, 2.24) is 10.3 Å². The van der Waals surface area contributed by atoms with E-state index in [1.165, 1.54) is 11.8 Å². The molecular weight excluding hydrogens is 412 g/mol. The average molecular weight is 433 g/mol. The molecule has 3 rings (SSSR count). The normalized spacial score (nSPS) is 11.8. The van der Waals surface area contributed by atoms with E-state index in [-0.39, 0.29) is 18.6 Å². The SMILES string of the molecule is Cc1nc(CSc2ccccc2C(=O)OCC(=O)NC(C)c2cccs2)cs1.